The second-order valence-corrected chi connectivity index (χ2v) is 7.61. The molecule has 0 aromatic heterocycles. The van der Waals surface area contributed by atoms with Crippen LogP contribution in [0.2, 0.25) is 5.02 Å². The van der Waals surface area contributed by atoms with Crippen LogP contribution in [0, 0.1) is 0 Å². The van der Waals surface area contributed by atoms with Gasteiger partial charge in [-0.25, -0.2) is 13.1 Å². The van der Waals surface area contributed by atoms with Gasteiger partial charge in [0.05, 0.1) is 5.02 Å². The van der Waals surface area contributed by atoms with Crippen LogP contribution in [-0.4, -0.2) is 27.5 Å². The van der Waals surface area contributed by atoms with E-state index >= 15 is 0 Å². The van der Waals surface area contributed by atoms with Crippen molar-refractivity contribution in [3.05, 3.63) is 27.7 Å². The Morgan fingerprint density at radius 2 is 2.26 bits per heavy atom. The van der Waals surface area contributed by atoms with E-state index in [4.69, 9.17) is 11.6 Å². The van der Waals surface area contributed by atoms with E-state index in [9.17, 15) is 8.42 Å². The monoisotopic (exact) mass is 366 g/mol. The first kappa shape index (κ1) is 15.3. The Kier molecular flexibility index (Phi) is 5.25. The Morgan fingerprint density at radius 1 is 1.47 bits per heavy atom. The molecule has 0 bridgehead atoms. The van der Waals surface area contributed by atoms with E-state index in [2.05, 4.69) is 26.0 Å². The van der Waals surface area contributed by atoms with Crippen LogP contribution in [0.3, 0.4) is 0 Å². The van der Waals surface area contributed by atoms with Crippen molar-refractivity contribution in [3.8, 4) is 0 Å². The number of hydrogen-bond acceptors (Lipinski definition) is 3. The van der Waals surface area contributed by atoms with Crippen molar-refractivity contribution in [2.24, 2.45) is 0 Å². The van der Waals surface area contributed by atoms with Crippen molar-refractivity contribution < 1.29 is 8.42 Å². The van der Waals surface area contributed by atoms with E-state index < -0.39 is 10.0 Å². The molecule has 2 N–H and O–H groups in total. The van der Waals surface area contributed by atoms with Gasteiger partial charge in [0.2, 0.25) is 10.0 Å². The van der Waals surface area contributed by atoms with Crippen LogP contribution < -0.4 is 10.0 Å². The molecule has 19 heavy (non-hydrogen) atoms. The van der Waals surface area contributed by atoms with Crippen molar-refractivity contribution in [2.75, 3.05) is 13.1 Å². The second kappa shape index (κ2) is 6.54. The summed E-state index contributed by atoms with van der Waals surface area (Å²) < 4.78 is 27.6. The summed E-state index contributed by atoms with van der Waals surface area (Å²) in [5, 5.41) is 3.56. The maximum atomic E-state index is 12.1. The Morgan fingerprint density at radius 3 is 2.89 bits per heavy atom. The molecule has 1 heterocycles. The quantitative estimate of drug-likeness (QED) is 0.841. The first-order chi connectivity index (χ1) is 8.99. The molecule has 0 radical (unpaired) electrons. The lowest BCUT2D eigenvalue weighted by atomic mass is 10.2. The maximum absolute atomic E-state index is 12.1. The van der Waals surface area contributed by atoms with Gasteiger partial charge in [-0.15, -0.1) is 0 Å². The van der Waals surface area contributed by atoms with Crippen molar-refractivity contribution >= 4 is 37.6 Å². The summed E-state index contributed by atoms with van der Waals surface area (Å²) in [4.78, 5) is 0.122. The Hall–Kier alpha value is -0.140. The van der Waals surface area contributed by atoms with Crippen LogP contribution in [0.1, 0.15) is 19.3 Å². The standard InChI is InChI=1S/C12H16BrClN2O2S/c13-9-3-4-12(11(14)8-9)19(17,18)16-7-5-10-2-1-6-15-10/h3-4,8,10,15-16H,1-2,5-7H2. The summed E-state index contributed by atoms with van der Waals surface area (Å²) in [6.07, 6.45) is 3.07. The predicted molar refractivity (Wildman–Crippen MR) is 80.0 cm³/mol. The van der Waals surface area contributed by atoms with Crippen LogP contribution in [0.25, 0.3) is 0 Å². The van der Waals surface area contributed by atoms with E-state index in [1.165, 1.54) is 6.07 Å². The zero-order valence-electron chi connectivity index (χ0n) is 10.3. The summed E-state index contributed by atoms with van der Waals surface area (Å²) in [7, 11) is -3.53. The minimum Gasteiger partial charge on any atom is -0.314 e. The second-order valence-electron chi connectivity index (χ2n) is 4.55. The predicted octanol–water partition coefficient (Wildman–Crippen LogP) is 2.52. The maximum Gasteiger partial charge on any atom is 0.242 e. The summed E-state index contributed by atoms with van der Waals surface area (Å²) in [5.41, 5.74) is 0. The fourth-order valence-corrected chi connectivity index (χ4v) is 4.22. The van der Waals surface area contributed by atoms with Crippen LogP contribution in [0.4, 0.5) is 0 Å². The molecule has 1 aromatic rings. The normalized spacial score (nSPS) is 19.8. The zero-order chi connectivity index (χ0) is 13.9. The number of halogens is 2. The largest absolute Gasteiger partial charge is 0.314 e. The van der Waals surface area contributed by atoms with Gasteiger partial charge in [-0.05, 0) is 44.0 Å². The van der Waals surface area contributed by atoms with Gasteiger partial charge in [0.1, 0.15) is 4.90 Å². The first-order valence-corrected chi connectivity index (χ1v) is 8.82. The van der Waals surface area contributed by atoms with Gasteiger partial charge in [-0.1, -0.05) is 27.5 Å². The number of benzene rings is 1. The molecule has 106 valence electrons. The third kappa shape index (κ3) is 4.16. The van der Waals surface area contributed by atoms with Crippen molar-refractivity contribution in [1.82, 2.24) is 10.0 Å². The molecule has 0 saturated carbocycles. The first-order valence-electron chi connectivity index (χ1n) is 6.17. The molecule has 1 atom stereocenters. The minimum absolute atomic E-state index is 0.122. The average molecular weight is 368 g/mol. The van der Waals surface area contributed by atoms with Gasteiger partial charge in [0.15, 0.2) is 0 Å². The summed E-state index contributed by atoms with van der Waals surface area (Å²) in [6.45, 7) is 1.45. The van der Waals surface area contributed by atoms with Gasteiger partial charge < -0.3 is 5.32 Å². The van der Waals surface area contributed by atoms with E-state index in [1.54, 1.807) is 12.1 Å². The van der Waals surface area contributed by atoms with Gasteiger partial charge >= 0.3 is 0 Å². The number of nitrogens with one attached hydrogen (secondary N) is 2. The fraction of sp³-hybridized carbons (Fsp3) is 0.500. The summed E-state index contributed by atoms with van der Waals surface area (Å²) in [6, 6.07) is 5.17. The number of hydrogen-bond donors (Lipinski definition) is 2. The fourth-order valence-electron chi connectivity index (χ4n) is 2.14. The van der Waals surface area contributed by atoms with Crippen LogP contribution >= 0.6 is 27.5 Å². The molecular formula is C12H16BrClN2O2S. The van der Waals surface area contributed by atoms with Crippen LogP contribution in [-0.2, 0) is 10.0 Å². The summed E-state index contributed by atoms with van der Waals surface area (Å²) in [5.74, 6) is 0. The smallest absolute Gasteiger partial charge is 0.242 e. The average Bonchev–Trinajstić information content (AvgIpc) is 2.81. The van der Waals surface area contributed by atoms with E-state index in [0.29, 0.717) is 12.6 Å². The molecular weight excluding hydrogens is 352 g/mol. The molecule has 0 amide bonds. The molecule has 1 saturated heterocycles. The minimum atomic E-state index is -3.53. The lowest BCUT2D eigenvalue weighted by Gasteiger charge is -2.12. The van der Waals surface area contributed by atoms with Gasteiger partial charge in [0.25, 0.3) is 0 Å². The van der Waals surface area contributed by atoms with Gasteiger partial charge in [-0.3, -0.25) is 0 Å². The van der Waals surface area contributed by atoms with E-state index in [1.807, 2.05) is 0 Å². The van der Waals surface area contributed by atoms with Crippen molar-refractivity contribution in [3.63, 3.8) is 0 Å². The lowest BCUT2D eigenvalue weighted by Crippen LogP contribution is -2.30. The molecule has 1 aliphatic heterocycles. The number of rotatable bonds is 5. The lowest BCUT2D eigenvalue weighted by molar-refractivity contribution is 0.539. The Labute approximate surface area is 127 Å². The van der Waals surface area contributed by atoms with E-state index in [-0.39, 0.29) is 9.92 Å². The van der Waals surface area contributed by atoms with E-state index in [0.717, 1.165) is 30.3 Å². The van der Waals surface area contributed by atoms with Crippen molar-refractivity contribution in [2.45, 2.75) is 30.2 Å². The molecule has 0 aliphatic carbocycles. The highest BCUT2D eigenvalue weighted by Crippen LogP contribution is 2.25. The highest BCUT2D eigenvalue weighted by atomic mass is 79.9. The highest BCUT2D eigenvalue weighted by molar-refractivity contribution is 9.10. The topological polar surface area (TPSA) is 58.2 Å². The zero-order valence-corrected chi connectivity index (χ0v) is 13.5. The molecule has 7 heteroatoms. The molecule has 1 fully saturated rings. The van der Waals surface area contributed by atoms with Crippen LogP contribution in [0.5, 0.6) is 0 Å². The Bertz CT molecular complexity index is 545. The Balaban J connectivity index is 1.97. The van der Waals surface area contributed by atoms with Crippen LogP contribution in [0.15, 0.2) is 27.6 Å². The summed E-state index contributed by atoms with van der Waals surface area (Å²) >= 11 is 9.21. The van der Waals surface area contributed by atoms with Crippen molar-refractivity contribution in [1.29, 1.82) is 0 Å². The third-order valence-electron chi connectivity index (χ3n) is 3.13. The molecule has 1 aromatic carbocycles. The third-order valence-corrected chi connectivity index (χ3v) is 5.57. The van der Waals surface area contributed by atoms with Gasteiger partial charge in [-0.2, -0.15) is 0 Å². The number of sulfonamides is 1. The molecule has 2 rings (SSSR count). The van der Waals surface area contributed by atoms with Gasteiger partial charge in [0, 0.05) is 17.1 Å². The highest BCUT2D eigenvalue weighted by Gasteiger charge is 2.19. The molecule has 0 spiro atoms. The molecule has 1 aliphatic rings. The molecule has 1 unspecified atom stereocenters. The molecule has 4 nitrogen and oxygen atoms in total. The SMILES string of the molecule is O=S(=O)(NCCC1CCCN1)c1ccc(Br)cc1Cl.